The fraction of sp³-hybridized carbons (Fsp3) is 0.235. The fourth-order valence-electron chi connectivity index (χ4n) is 2.45. The highest BCUT2D eigenvalue weighted by Crippen LogP contribution is 2.27. The highest BCUT2D eigenvalue weighted by Gasteiger charge is 2.10. The maximum Gasteiger partial charge on any atom is 0.0779 e. The van der Waals surface area contributed by atoms with Crippen molar-refractivity contribution in [2.24, 2.45) is 0 Å². The lowest BCUT2D eigenvalue weighted by Crippen LogP contribution is -2.18. The van der Waals surface area contributed by atoms with Crippen LogP contribution in [0, 0.1) is 0 Å². The van der Waals surface area contributed by atoms with Crippen LogP contribution in [0.4, 0.5) is 5.69 Å². The summed E-state index contributed by atoms with van der Waals surface area (Å²) >= 11 is 0. The minimum atomic E-state index is 0.727. The second-order valence-corrected chi connectivity index (χ2v) is 5.06. The molecule has 0 amide bonds. The van der Waals surface area contributed by atoms with Crippen LogP contribution in [0.15, 0.2) is 48.9 Å². The Morgan fingerprint density at radius 1 is 1.10 bits per heavy atom. The number of rotatable bonds is 4. The molecule has 0 atom stereocenters. The van der Waals surface area contributed by atoms with E-state index in [0.717, 1.165) is 29.9 Å². The number of aryl methyl sites for hydroxylation is 1. The van der Waals surface area contributed by atoms with Crippen molar-refractivity contribution in [3.8, 4) is 0 Å². The van der Waals surface area contributed by atoms with Crippen LogP contribution in [-0.2, 0) is 13.0 Å². The van der Waals surface area contributed by atoms with Crippen LogP contribution < -0.4 is 4.90 Å². The molecular formula is C17H18N4. The molecule has 106 valence electrons. The van der Waals surface area contributed by atoms with Crippen LogP contribution in [0.5, 0.6) is 0 Å². The van der Waals surface area contributed by atoms with E-state index in [1.54, 1.807) is 18.6 Å². The molecule has 0 radical (unpaired) electrons. The topological polar surface area (TPSA) is 41.9 Å². The number of aromatic nitrogens is 3. The summed E-state index contributed by atoms with van der Waals surface area (Å²) in [6.07, 6.45) is 6.16. The molecule has 3 aromatic rings. The third-order valence-electron chi connectivity index (χ3n) is 3.54. The van der Waals surface area contributed by atoms with Gasteiger partial charge in [0.05, 0.1) is 24.0 Å². The third-order valence-corrected chi connectivity index (χ3v) is 3.54. The maximum atomic E-state index is 4.69. The predicted octanol–water partition coefficient (Wildman–Crippen LogP) is 3.22. The maximum absolute atomic E-state index is 4.69. The molecule has 4 heteroatoms. The van der Waals surface area contributed by atoms with Crippen LogP contribution in [0.25, 0.3) is 10.9 Å². The summed E-state index contributed by atoms with van der Waals surface area (Å²) in [4.78, 5) is 15.4. The van der Waals surface area contributed by atoms with Gasteiger partial charge in [0.2, 0.25) is 0 Å². The van der Waals surface area contributed by atoms with Gasteiger partial charge in [0, 0.05) is 36.2 Å². The number of hydrogen-bond donors (Lipinski definition) is 0. The summed E-state index contributed by atoms with van der Waals surface area (Å²) in [5.74, 6) is 0. The Balaban J connectivity index is 2.02. The smallest absolute Gasteiger partial charge is 0.0779 e. The van der Waals surface area contributed by atoms with Gasteiger partial charge in [-0.25, -0.2) is 0 Å². The molecule has 4 nitrogen and oxygen atoms in total. The molecule has 21 heavy (non-hydrogen) atoms. The monoisotopic (exact) mass is 278 g/mol. The van der Waals surface area contributed by atoms with Crippen molar-refractivity contribution in [3.63, 3.8) is 0 Å². The first-order valence-corrected chi connectivity index (χ1v) is 7.12. The lowest BCUT2D eigenvalue weighted by atomic mass is 10.1. The normalized spacial score (nSPS) is 10.8. The van der Waals surface area contributed by atoms with Gasteiger partial charge >= 0.3 is 0 Å². The van der Waals surface area contributed by atoms with Crippen molar-refractivity contribution < 1.29 is 0 Å². The van der Waals surface area contributed by atoms with E-state index >= 15 is 0 Å². The zero-order chi connectivity index (χ0) is 14.7. The van der Waals surface area contributed by atoms with Crippen LogP contribution >= 0.6 is 0 Å². The molecule has 0 spiro atoms. The Morgan fingerprint density at radius 3 is 2.71 bits per heavy atom. The summed E-state index contributed by atoms with van der Waals surface area (Å²) in [6, 6.07) is 10.4. The molecule has 3 rings (SSSR count). The van der Waals surface area contributed by atoms with Gasteiger partial charge in [0.1, 0.15) is 0 Å². The number of anilines is 1. The van der Waals surface area contributed by atoms with E-state index < -0.39 is 0 Å². The van der Waals surface area contributed by atoms with Gasteiger partial charge in [-0.2, -0.15) is 0 Å². The number of pyridine rings is 1. The highest BCUT2D eigenvalue weighted by molar-refractivity contribution is 5.91. The fourth-order valence-corrected chi connectivity index (χ4v) is 2.45. The highest BCUT2D eigenvalue weighted by atomic mass is 15.1. The lowest BCUT2D eigenvalue weighted by molar-refractivity contribution is 0.873. The quantitative estimate of drug-likeness (QED) is 0.735. The van der Waals surface area contributed by atoms with Gasteiger partial charge in [-0.15, -0.1) is 0 Å². The Morgan fingerprint density at radius 2 is 1.95 bits per heavy atom. The standard InChI is InChI=1S/C17H18N4/c1-3-13-10-17(15-6-4-5-7-16(15)20-13)21(2)12-14-11-18-8-9-19-14/h4-11H,3,12H2,1-2H3. The Labute approximate surface area is 124 Å². The van der Waals surface area contributed by atoms with E-state index in [1.165, 1.54) is 11.1 Å². The average Bonchev–Trinajstić information content (AvgIpc) is 2.54. The van der Waals surface area contributed by atoms with Gasteiger partial charge in [0.25, 0.3) is 0 Å². The van der Waals surface area contributed by atoms with Crippen LogP contribution in [0.1, 0.15) is 18.3 Å². The number of benzene rings is 1. The average molecular weight is 278 g/mol. The summed E-state index contributed by atoms with van der Waals surface area (Å²) in [6.45, 7) is 2.86. The van der Waals surface area contributed by atoms with Crippen molar-refractivity contribution in [2.75, 3.05) is 11.9 Å². The second-order valence-electron chi connectivity index (χ2n) is 5.06. The first-order chi connectivity index (χ1) is 10.3. The predicted molar refractivity (Wildman–Crippen MR) is 85.3 cm³/mol. The van der Waals surface area contributed by atoms with E-state index in [9.17, 15) is 0 Å². The Bertz CT molecular complexity index is 740. The van der Waals surface area contributed by atoms with Crippen LogP contribution in [0.3, 0.4) is 0 Å². The van der Waals surface area contributed by atoms with Crippen LogP contribution in [0.2, 0.25) is 0 Å². The number of para-hydroxylation sites is 1. The third kappa shape index (κ3) is 2.84. The summed E-state index contributed by atoms with van der Waals surface area (Å²) in [7, 11) is 2.08. The molecule has 0 fully saturated rings. The number of fused-ring (bicyclic) bond motifs is 1. The van der Waals surface area contributed by atoms with E-state index in [2.05, 4.69) is 58.1 Å². The zero-order valence-corrected chi connectivity index (χ0v) is 12.3. The molecule has 0 saturated heterocycles. The van der Waals surface area contributed by atoms with Gasteiger partial charge in [-0.05, 0) is 18.6 Å². The molecule has 0 aliphatic carbocycles. The molecule has 2 heterocycles. The van der Waals surface area contributed by atoms with Crippen molar-refractivity contribution in [3.05, 3.63) is 60.3 Å². The Kier molecular flexibility index (Phi) is 3.77. The van der Waals surface area contributed by atoms with E-state index in [0.29, 0.717) is 0 Å². The molecule has 0 N–H and O–H groups in total. The van der Waals surface area contributed by atoms with E-state index in [1.807, 2.05) is 6.07 Å². The first kappa shape index (κ1) is 13.5. The number of nitrogens with zero attached hydrogens (tertiary/aromatic N) is 4. The van der Waals surface area contributed by atoms with Crippen molar-refractivity contribution >= 4 is 16.6 Å². The van der Waals surface area contributed by atoms with Gasteiger partial charge in [0.15, 0.2) is 0 Å². The summed E-state index contributed by atoms with van der Waals surface area (Å²) < 4.78 is 0. The Hall–Kier alpha value is -2.49. The lowest BCUT2D eigenvalue weighted by Gasteiger charge is -2.21. The minimum Gasteiger partial charge on any atom is -0.368 e. The minimum absolute atomic E-state index is 0.727. The first-order valence-electron chi connectivity index (χ1n) is 7.12. The molecule has 0 bridgehead atoms. The summed E-state index contributed by atoms with van der Waals surface area (Å²) in [5, 5.41) is 1.17. The van der Waals surface area contributed by atoms with Crippen molar-refractivity contribution in [2.45, 2.75) is 19.9 Å². The molecular weight excluding hydrogens is 260 g/mol. The zero-order valence-electron chi connectivity index (χ0n) is 12.3. The molecule has 0 aliphatic rings. The molecule has 1 aromatic carbocycles. The largest absolute Gasteiger partial charge is 0.368 e. The summed E-state index contributed by atoms with van der Waals surface area (Å²) in [5.41, 5.74) is 4.29. The van der Waals surface area contributed by atoms with Crippen LogP contribution in [-0.4, -0.2) is 22.0 Å². The van der Waals surface area contributed by atoms with E-state index in [-0.39, 0.29) is 0 Å². The number of hydrogen-bond acceptors (Lipinski definition) is 4. The molecule has 0 aliphatic heterocycles. The van der Waals surface area contributed by atoms with Gasteiger partial charge in [-0.1, -0.05) is 25.1 Å². The molecule has 0 saturated carbocycles. The van der Waals surface area contributed by atoms with E-state index in [4.69, 9.17) is 0 Å². The second kappa shape index (κ2) is 5.87. The molecule has 2 aromatic heterocycles. The van der Waals surface area contributed by atoms with Gasteiger partial charge < -0.3 is 4.90 Å². The van der Waals surface area contributed by atoms with Gasteiger partial charge in [-0.3, -0.25) is 15.0 Å². The molecule has 0 unspecified atom stereocenters. The SMILES string of the molecule is CCc1cc(N(C)Cc2cnccn2)c2ccccc2n1. The van der Waals surface area contributed by atoms with Crippen molar-refractivity contribution in [1.29, 1.82) is 0 Å². The van der Waals surface area contributed by atoms with Crippen molar-refractivity contribution in [1.82, 2.24) is 15.0 Å².